The molecule has 1 aromatic heterocycles. The molecule has 106 valence electrons. The fourth-order valence-electron chi connectivity index (χ4n) is 1.77. The van der Waals surface area contributed by atoms with Crippen LogP contribution >= 0.6 is 11.8 Å². The minimum Gasteiger partial charge on any atom is -0.368 e. The summed E-state index contributed by atoms with van der Waals surface area (Å²) in [6, 6.07) is 0.305. The van der Waals surface area contributed by atoms with Crippen molar-refractivity contribution >= 4 is 17.7 Å². The summed E-state index contributed by atoms with van der Waals surface area (Å²) in [4.78, 5) is 22.6. The zero-order valence-corrected chi connectivity index (χ0v) is 11.7. The fraction of sp³-hybridized carbons (Fsp3) is 0.727. The summed E-state index contributed by atoms with van der Waals surface area (Å²) < 4.78 is 1.71. The maximum Gasteiger partial charge on any atom is 0.344 e. The molecule has 1 aliphatic carbocycles. The lowest BCUT2D eigenvalue weighted by atomic mass is 9.97. The average molecular weight is 285 g/mol. The first-order valence-corrected chi connectivity index (χ1v) is 7.29. The van der Waals surface area contributed by atoms with Crippen molar-refractivity contribution < 1.29 is 4.79 Å². The molecular weight excluding hydrogens is 266 g/mol. The Morgan fingerprint density at radius 2 is 2.32 bits per heavy atom. The van der Waals surface area contributed by atoms with Gasteiger partial charge in [0.1, 0.15) is 0 Å². The molecule has 5 N–H and O–H groups in total. The highest BCUT2D eigenvalue weighted by molar-refractivity contribution is 7.99. The van der Waals surface area contributed by atoms with Crippen molar-refractivity contribution in [3.63, 3.8) is 0 Å². The van der Waals surface area contributed by atoms with Crippen molar-refractivity contribution in [1.82, 2.24) is 14.8 Å². The van der Waals surface area contributed by atoms with Gasteiger partial charge in [-0.2, -0.15) is 0 Å². The molecule has 0 radical (unpaired) electrons. The number of rotatable bonds is 7. The Kier molecular flexibility index (Phi) is 4.00. The highest BCUT2D eigenvalue weighted by Crippen LogP contribution is 2.36. The molecule has 1 fully saturated rings. The van der Waals surface area contributed by atoms with Gasteiger partial charge in [-0.25, -0.2) is 9.89 Å². The van der Waals surface area contributed by atoms with E-state index in [2.05, 4.69) is 10.2 Å². The van der Waals surface area contributed by atoms with Gasteiger partial charge < -0.3 is 11.5 Å². The van der Waals surface area contributed by atoms with Crippen LogP contribution in [0.25, 0.3) is 0 Å². The van der Waals surface area contributed by atoms with Crippen LogP contribution in [0.4, 0.5) is 0 Å². The van der Waals surface area contributed by atoms with E-state index in [9.17, 15) is 9.59 Å². The van der Waals surface area contributed by atoms with E-state index in [1.165, 1.54) is 11.8 Å². The van der Waals surface area contributed by atoms with Gasteiger partial charge in [0.15, 0.2) is 5.16 Å². The molecule has 7 nitrogen and oxygen atoms in total. The number of hydrogen-bond donors (Lipinski definition) is 3. The van der Waals surface area contributed by atoms with Crippen LogP contribution < -0.4 is 17.2 Å². The molecule has 1 heterocycles. The van der Waals surface area contributed by atoms with E-state index in [1.807, 2.05) is 0 Å². The maximum atomic E-state index is 11.6. The Morgan fingerprint density at radius 3 is 2.89 bits per heavy atom. The number of aromatic nitrogens is 3. The molecule has 0 saturated heterocycles. The third-order valence-corrected chi connectivity index (χ3v) is 4.26. The fourth-order valence-corrected chi connectivity index (χ4v) is 2.73. The number of amides is 1. The molecule has 2 rings (SSSR count). The first-order valence-electron chi connectivity index (χ1n) is 6.30. The standard InChI is InChI=1S/C11H19N5O2S/c1-11(13,8(12)17)5-2-6-19-10-15-14-9(18)16(10)7-3-4-7/h7H,2-6,13H2,1H3,(H2,12,17)(H,14,18). The molecule has 19 heavy (non-hydrogen) atoms. The highest BCUT2D eigenvalue weighted by atomic mass is 32.2. The topological polar surface area (TPSA) is 120 Å². The van der Waals surface area contributed by atoms with Gasteiger partial charge in [0, 0.05) is 11.8 Å². The number of nitrogens with two attached hydrogens (primary N) is 2. The molecule has 1 aliphatic rings. The van der Waals surface area contributed by atoms with Gasteiger partial charge in [-0.3, -0.25) is 9.36 Å². The van der Waals surface area contributed by atoms with Crippen molar-refractivity contribution in [3.8, 4) is 0 Å². The molecule has 0 aromatic carbocycles. The van der Waals surface area contributed by atoms with Gasteiger partial charge in [-0.1, -0.05) is 11.8 Å². The summed E-state index contributed by atoms with van der Waals surface area (Å²) >= 11 is 1.50. The summed E-state index contributed by atoms with van der Waals surface area (Å²) in [5.74, 6) is 0.254. The number of thioether (sulfide) groups is 1. The van der Waals surface area contributed by atoms with E-state index in [0.29, 0.717) is 17.6 Å². The summed E-state index contributed by atoms with van der Waals surface area (Å²) in [6.45, 7) is 1.63. The summed E-state index contributed by atoms with van der Waals surface area (Å²) in [5.41, 5.74) is 9.86. The molecule has 1 unspecified atom stereocenters. The van der Waals surface area contributed by atoms with Gasteiger partial charge in [-0.15, -0.1) is 5.10 Å². The van der Waals surface area contributed by atoms with E-state index in [4.69, 9.17) is 11.5 Å². The van der Waals surface area contributed by atoms with Crippen molar-refractivity contribution in [2.75, 3.05) is 5.75 Å². The number of aromatic amines is 1. The zero-order valence-electron chi connectivity index (χ0n) is 10.9. The minimum absolute atomic E-state index is 0.147. The third kappa shape index (κ3) is 3.38. The molecule has 0 aliphatic heterocycles. The molecule has 8 heteroatoms. The Bertz CT molecular complexity index is 517. The predicted molar refractivity (Wildman–Crippen MR) is 72.9 cm³/mol. The first kappa shape index (κ1) is 14.1. The number of nitrogens with one attached hydrogen (secondary N) is 1. The SMILES string of the molecule is CC(N)(CCCSc1n[nH]c(=O)n1C1CC1)C(N)=O. The summed E-state index contributed by atoms with van der Waals surface area (Å²) in [7, 11) is 0. The highest BCUT2D eigenvalue weighted by Gasteiger charge is 2.29. The van der Waals surface area contributed by atoms with Crippen LogP contribution in [-0.4, -0.2) is 32.0 Å². The second-order valence-corrected chi connectivity index (χ2v) is 6.21. The van der Waals surface area contributed by atoms with E-state index >= 15 is 0 Å². The Hall–Kier alpha value is -1.28. The smallest absolute Gasteiger partial charge is 0.344 e. The largest absolute Gasteiger partial charge is 0.368 e. The minimum atomic E-state index is -0.970. The second-order valence-electron chi connectivity index (χ2n) is 5.15. The molecule has 1 saturated carbocycles. The van der Waals surface area contributed by atoms with Crippen molar-refractivity contribution in [3.05, 3.63) is 10.5 Å². The molecular formula is C11H19N5O2S. The van der Waals surface area contributed by atoms with Crippen molar-refractivity contribution in [1.29, 1.82) is 0 Å². The van der Waals surface area contributed by atoms with E-state index in [0.717, 1.165) is 25.0 Å². The van der Waals surface area contributed by atoms with Crippen molar-refractivity contribution in [2.45, 2.75) is 49.3 Å². The number of carbonyl (C=O) groups is 1. The van der Waals surface area contributed by atoms with Gasteiger partial charge in [0.25, 0.3) is 0 Å². The van der Waals surface area contributed by atoms with Gasteiger partial charge in [0.2, 0.25) is 5.91 Å². The summed E-state index contributed by atoms with van der Waals surface area (Å²) in [6.07, 6.45) is 3.34. The van der Waals surface area contributed by atoms with E-state index in [1.54, 1.807) is 11.5 Å². The summed E-state index contributed by atoms with van der Waals surface area (Å²) in [5, 5.41) is 7.20. The number of carbonyl (C=O) groups excluding carboxylic acids is 1. The lowest BCUT2D eigenvalue weighted by molar-refractivity contribution is -0.122. The van der Waals surface area contributed by atoms with Gasteiger partial charge >= 0.3 is 5.69 Å². The lowest BCUT2D eigenvalue weighted by Crippen LogP contribution is -2.49. The van der Waals surface area contributed by atoms with Crippen molar-refractivity contribution in [2.24, 2.45) is 11.5 Å². The third-order valence-electron chi connectivity index (χ3n) is 3.22. The monoisotopic (exact) mass is 285 g/mol. The zero-order chi connectivity index (χ0) is 14.0. The van der Waals surface area contributed by atoms with Crippen LogP contribution in [0.5, 0.6) is 0 Å². The van der Waals surface area contributed by atoms with Crippen LogP contribution in [0.15, 0.2) is 9.95 Å². The van der Waals surface area contributed by atoms with Gasteiger partial charge in [0.05, 0.1) is 5.54 Å². The molecule has 1 atom stereocenters. The lowest BCUT2D eigenvalue weighted by Gasteiger charge is -2.19. The van der Waals surface area contributed by atoms with Gasteiger partial charge in [-0.05, 0) is 32.6 Å². The molecule has 1 amide bonds. The Balaban J connectivity index is 1.83. The molecule has 0 spiro atoms. The molecule has 1 aromatic rings. The van der Waals surface area contributed by atoms with Crippen LogP contribution in [-0.2, 0) is 4.79 Å². The number of nitrogens with zero attached hydrogens (tertiary/aromatic N) is 2. The normalized spacial score (nSPS) is 18.2. The second kappa shape index (κ2) is 5.38. The number of H-pyrrole nitrogens is 1. The number of primary amides is 1. The van der Waals surface area contributed by atoms with Crippen LogP contribution in [0.1, 0.15) is 38.6 Å². The van der Waals surface area contributed by atoms with E-state index in [-0.39, 0.29) is 5.69 Å². The van der Waals surface area contributed by atoms with E-state index < -0.39 is 11.4 Å². The predicted octanol–water partition coefficient (Wildman–Crippen LogP) is -0.0187. The molecule has 0 bridgehead atoms. The maximum absolute atomic E-state index is 11.6. The first-order chi connectivity index (χ1) is 8.92. The number of hydrogen-bond acceptors (Lipinski definition) is 5. The Labute approximate surface area is 115 Å². The Morgan fingerprint density at radius 1 is 1.63 bits per heavy atom. The average Bonchev–Trinajstić information content (AvgIpc) is 3.09. The van der Waals surface area contributed by atoms with Crippen LogP contribution in [0, 0.1) is 0 Å². The quantitative estimate of drug-likeness (QED) is 0.480. The van der Waals surface area contributed by atoms with Crippen LogP contribution in [0.3, 0.4) is 0 Å². The van der Waals surface area contributed by atoms with Crippen LogP contribution in [0.2, 0.25) is 0 Å².